The number of amides is 3. The molecule has 7 heteroatoms. The summed E-state index contributed by atoms with van der Waals surface area (Å²) < 4.78 is 0. The Bertz CT molecular complexity index is 1390. The Labute approximate surface area is 221 Å². The van der Waals surface area contributed by atoms with Crippen LogP contribution in [-0.4, -0.2) is 17.7 Å². The molecule has 0 bridgehead atoms. The smallest absolute Gasteiger partial charge is 0.283 e. The van der Waals surface area contributed by atoms with Gasteiger partial charge in [0, 0.05) is 22.2 Å². The second kappa shape index (κ2) is 10.6. The van der Waals surface area contributed by atoms with Crippen LogP contribution in [0.4, 0.5) is 17.1 Å². The molecule has 1 saturated carbocycles. The van der Waals surface area contributed by atoms with Gasteiger partial charge in [0.2, 0.25) is 5.91 Å². The van der Waals surface area contributed by atoms with Crippen molar-refractivity contribution in [1.82, 2.24) is 0 Å². The van der Waals surface area contributed by atoms with Crippen molar-refractivity contribution in [2.75, 3.05) is 15.5 Å². The summed E-state index contributed by atoms with van der Waals surface area (Å²) in [6.45, 7) is 4.04. The zero-order chi connectivity index (χ0) is 25.9. The van der Waals surface area contributed by atoms with Crippen LogP contribution in [-0.2, 0) is 14.4 Å². The average Bonchev–Trinajstić information content (AvgIpc) is 3.51. The van der Waals surface area contributed by atoms with E-state index in [2.05, 4.69) is 10.6 Å². The van der Waals surface area contributed by atoms with Gasteiger partial charge in [0.15, 0.2) is 0 Å². The Kier molecular flexibility index (Phi) is 7.15. The van der Waals surface area contributed by atoms with Crippen LogP contribution in [0.3, 0.4) is 0 Å². The van der Waals surface area contributed by atoms with Gasteiger partial charge in [0.05, 0.1) is 5.69 Å². The number of hydrogen-bond acceptors (Lipinski definition) is 5. The van der Waals surface area contributed by atoms with Gasteiger partial charge in [-0.25, -0.2) is 4.90 Å². The third-order valence-electron chi connectivity index (χ3n) is 6.88. The molecule has 0 saturated heterocycles. The minimum atomic E-state index is -0.400. The van der Waals surface area contributed by atoms with Gasteiger partial charge in [-0.2, -0.15) is 0 Å². The van der Waals surface area contributed by atoms with Crippen molar-refractivity contribution >= 4 is 46.5 Å². The van der Waals surface area contributed by atoms with E-state index in [9.17, 15) is 14.4 Å². The highest BCUT2D eigenvalue weighted by Gasteiger charge is 2.40. The predicted octanol–water partition coefficient (Wildman–Crippen LogP) is 6.42. The van der Waals surface area contributed by atoms with E-state index in [1.54, 1.807) is 24.3 Å². The zero-order valence-corrected chi connectivity index (χ0v) is 21.7. The topological polar surface area (TPSA) is 78.5 Å². The standard InChI is InChI=1S/C30H29N3O3S/c1-19-15-16-23(17-20(19)2)31-26-27(30(36)33(29(26)35)24-12-4-3-5-13-24)37-25-14-8-11-22(18-25)32-28(34)21-9-6-7-10-21/h3-5,8,11-18,21,31H,6-7,9-10H2,1-2H3,(H,32,34). The van der Waals surface area contributed by atoms with Gasteiger partial charge < -0.3 is 10.6 Å². The molecule has 3 aromatic carbocycles. The summed E-state index contributed by atoms with van der Waals surface area (Å²) in [5.41, 5.74) is 4.41. The van der Waals surface area contributed by atoms with E-state index in [0.29, 0.717) is 16.3 Å². The second-order valence-electron chi connectivity index (χ2n) is 9.51. The van der Waals surface area contributed by atoms with E-state index in [1.807, 2.05) is 62.4 Å². The lowest BCUT2D eigenvalue weighted by Gasteiger charge is -2.15. The largest absolute Gasteiger partial charge is 0.350 e. The second-order valence-corrected chi connectivity index (χ2v) is 10.6. The van der Waals surface area contributed by atoms with E-state index < -0.39 is 5.91 Å². The van der Waals surface area contributed by atoms with Crippen LogP contribution in [0.15, 0.2) is 88.3 Å². The maximum Gasteiger partial charge on any atom is 0.283 e. The number of aryl methyl sites for hydroxylation is 2. The lowest BCUT2D eigenvalue weighted by Crippen LogP contribution is -2.32. The SMILES string of the molecule is Cc1ccc(NC2=C(Sc3cccc(NC(=O)C4CCCC4)c3)C(=O)N(c3ccccc3)C2=O)cc1C. The quantitative estimate of drug-likeness (QED) is 0.358. The van der Waals surface area contributed by atoms with Crippen molar-refractivity contribution in [3.8, 4) is 0 Å². The van der Waals surface area contributed by atoms with Gasteiger partial charge in [-0.05, 0) is 80.3 Å². The summed E-state index contributed by atoms with van der Waals surface area (Å²) in [5, 5.41) is 6.24. The Morgan fingerprint density at radius 1 is 0.838 bits per heavy atom. The molecule has 1 aliphatic carbocycles. The molecule has 0 spiro atoms. The first-order chi connectivity index (χ1) is 17.9. The van der Waals surface area contributed by atoms with E-state index in [4.69, 9.17) is 0 Å². The molecule has 5 rings (SSSR count). The molecule has 1 heterocycles. The Balaban J connectivity index is 1.45. The molecule has 2 aliphatic rings. The molecule has 6 nitrogen and oxygen atoms in total. The number of para-hydroxylation sites is 1. The van der Waals surface area contributed by atoms with Crippen molar-refractivity contribution in [3.63, 3.8) is 0 Å². The first kappa shape index (κ1) is 24.8. The molecule has 188 valence electrons. The summed E-state index contributed by atoms with van der Waals surface area (Å²) in [7, 11) is 0. The van der Waals surface area contributed by atoms with Gasteiger partial charge in [0.1, 0.15) is 10.6 Å². The minimum Gasteiger partial charge on any atom is -0.350 e. The molecule has 0 atom stereocenters. The fraction of sp³-hybridized carbons (Fsp3) is 0.233. The molecule has 37 heavy (non-hydrogen) atoms. The number of hydrogen-bond donors (Lipinski definition) is 2. The van der Waals surface area contributed by atoms with Gasteiger partial charge in [0.25, 0.3) is 11.8 Å². The summed E-state index contributed by atoms with van der Waals surface area (Å²) in [4.78, 5) is 42.0. The molecular weight excluding hydrogens is 482 g/mol. The summed E-state index contributed by atoms with van der Waals surface area (Å²) >= 11 is 1.22. The molecular formula is C30H29N3O3S. The van der Waals surface area contributed by atoms with Crippen LogP contribution >= 0.6 is 11.8 Å². The van der Waals surface area contributed by atoms with Crippen LogP contribution in [0.1, 0.15) is 36.8 Å². The van der Waals surface area contributed by atoms with E-state index in [-0.39, 0.29) is 23.4 Å². The van der Waals surface area contributed by atoms with Crippen LogP contribution in [0, 0.1) is 19.8 Å². The van der Waals surface area contributed by atoms with Crippen molar-refractivity contribution in [2.45, 2.75) is 44.4 Å². The normalized spacial score (nSPS) is 16.0. The highest BCUT2D eigenvalue weighted by atomic mass is 32.2. The molecule has 2 N–H and O–H groups in total. The number of rotatable bonds is 7. The summed E-state index contributed by atoms with van der Waals surface area (Å²) in [6.07, 6.45) is 4.03. The summed E-state index contributed by atoms with van der Waals surface area (Å²) in [6, 6.07) is 22.2. The van der Waals surface area contributed by atoms with Crippen LogP contribution in [0.2, 0.25) is 0 Å². The number of nitrogens with zero attached hydrogens (tertiary/aromatic N) is 1. The van der Waals surface area contributed by atoms with Gasteiger partial charge in [-0.3, -0.25) is 14.4 Å². The van der Waals surface area contributed by atoms with Crippen LogP contribution < -0.4 is 15.5 Å². The Hall–Kier alpha value is -3.84. The summed E-state index contributed by atoms with van der Waals surface area (Å²) in [5.74, 6) is -0.685. The number of thioether (sulfide) groups is 1. The fourth-order valence-electron chi connectivity index (χ4n) is 4.68. The molecule has 0 radical (unpaired) electrons. The van der Waals surface area contributed by atoms with E-state index in [1.165, 1.54) is 16.7 Å². The third kappa shape index (κ3) is 5.32. The van der Waals surface area contributed by atoms with Gasteiger partial charge in [-0.15, -0.1) is 0 Å². The number of nitrogens with one attached hydrogen (secondary N) is 2. The number of anilines is 3. The lowest BCUT2D eigenvalue weighted by molar-refractivity contribution is -0.121. The van der Waals surface area contributed by atoms with Crippen molar-refractivity contribution in [2.24, 2.45) is 5.92 Å². The maximum atomic E-state index is 13.6. The number of carbonyl (C=O) groups is 3. The molecule has 1 fully saturated rings. The fourth-order valence-corrected chi connectivity index (χ4v) is 5.66. The molecule has 1 aliphatic heterocycles. The Morgan fingerprint density at radius 2 is 1.59 bits per heavy atom. The van der Waals surface area contributed by atoms with Crippen LogP contribution in [0.5, 0.6) is 0 Å². The first-order valence-corrected chi connectivity index (χ1v) is 13.3. The molecule has 3 amide bonds. The van der Waals surface area contributed by atoms with Crippen molar-refractivity contribution in [3.05, 3.63) is 94.5 Å². The number of imide groups is 1. The van der Waals surface area contributed by atoms with Gasteiger partial charge in [-0.1, -0.05) is 54.9 Å². The minimum absolute atomic E-state index is 0.0401. The zero-order valence-electron chi connectivity index (χ0n) is 20.9. The predicted molar refractivity (Wildman–Crippen MR) is 148 cm³/mol. The Morgan fingerprint density at radius 3 is 2.32 bits per heavy atom. The molecule has 0 aromatic heterocycles. The first-order valence-electron chi connectivity index (χ1n) is 12.5. The van der Waals surface area contributed by atoms with E-state index >= 15 is 0 Å². The van der Waals surface area contributed by atoms with E-state index in [0.717, 1.165) is 47.4 Å². The highest BCUT2D eigenvalue weighted by molar-refractivity contribution is 8.04. The van der Waals surface area contributed by atoms with Crippen LogP contribution in [0.25, 0.3) is 0 Å². The number of carbonyl (C=O) groups excluding carboxylic acids is 3. The lowest BCUT2D eigenvalue weighted by atomic mass is 10.1. The monoisotopic (exact) mass is 511 g/mol. The van der Waals surface area contributed by atoms with Gasteiger partial charge >= 0.3 is 0 Å². The van der Waals surface area contributed by atoms with Crippen molar-refractivity contribution < 1.29 is 14.4 Å². The average molecular weight is 512 g/mol. The maximum absolute atomic E-state index is 13.6. The molecule has 0 unspecified atom stereocenters. The molecule has 3 aromatic rings. The number of benzene rings is 3. The highest BCUT2D eigenvalue weighted by Crippen LogP contribution is 2.38. The third-order valence-corrected chi connectivity index (χ3v) is 7.95. The van der Waals surface area contributed by atoms with Crippen molar-refractivity contribution in [1.29, 1.82) is 0 Å².